The van der Waals surface area contributed by atoms with Crippen molar-refractivity contribution < 1.29 is 14.2 Å². The molecule has 1 heterocycles. The predicted molar refractivity (Wildman–Crippen MR) is 155 cm³/mol. The highest BCUT2D eigenvalue weighted by molar-refractivity contribution is 5.54. The molecule has 3 aromatic rings. The van der Waals surface area contributed by atoms with Crippen molar-refractivity contribution in [1.29, 1.82) is 0 Å². The smallest absolute Gasteiger partial charge is 0.132 e. The van der Waals surface area contributed by atoms with Gasteiger partial charge in [-0.05, 0) is 68.0 Å². The van der Waals surface area contributed by atoms with E-state index in [1.165, 1.54) is 48.8 Å². The van der Waals surface area contributed by atoms with Crippen molar-refractivity contribution in [3.63, 3.8) is 0 Å². The molecule has 202 valence electrons. The lowest BCUT2D eigenvalue weighted by molar-refractivity contribution is -0.168. The molecule has 1 fully saturated rings. The van der Waals surface area contributed by atoms with Gasteiger partial charge in [-0.25, -0.2) is 0 Å². The fourth-order valence-corrected chi connectivity index (χ4v) is 5.90. The Bertz CT molecular complexity index is 1170. The van der Waals surface area contributed by atoms with Gasteiger partial charge >= 0.3 is 0 Å². The third kappa shape index (κ3) is 6.59. The van der Waals surface area contributed by atoms with Gasteiger partial charge in [0.2, 0.25) is 0 Å². The lowest BCUT2D eigenvalue weighted by Gasteiger charge is -2.44. The summed E-state index contributed by atoms with van der Waals surface area (Å²) in [5.74, 6) is 1.67. The lowest BCUT2D eigenvalue weighted by atomic mass is 9.86. The third-order valence-corrected chi connectivity index (χ3v) is 8.22. The van der Waals surface area contributed by atoms with Crippen LogP contribution in [0.4, 0.5) is 5.69 Å². The minimum Gasteiger partial charge on any atom is -0.485 e. The zero-order valence-corrected chi connectivity index (χ0v) is 23.2. The number of hydrogen-bond donors (Lipinski definition) is 1. The Morgan fingerprint density at radius 1 is 0.895 bits per heavy atom. The molecule has 38 heavy (non-hydrogen) atoms. The summed E-state index contributed by atoms with van der Waals surface area (Å²) in [5.41, 5.74) is 5.31. The van der Waals surface area contributed by atoms with E-state index in [0.29, 0.717) is 6.61 Å². The summed E-state index contributed by atoms with van der Waals surface area (Å²) in [4.78, 5) is 0. The van der Waals surface area contributed by atoms with Crippen LogP contribution in [0.25, 0.3) is 0 Å². The van der Waals surface area contributed by atoms with Crippen LogP contribution in [0.15, 0.2) is 72.8 Å². The van der Waals surface area contributed by atoms with Crippen molar-refractivity contribution in [3.05, 3.63) is 95.1 Å². The minimum absolute atomic E-state index is 0.195. The summed E-state index contributed by atoms with van der Waals surface area (Å²) in [5, 5.41) is 3.59. The van der Waals surface area contributed by atoms with Gasteiger partial charge in [-0.2, -0.15) is 0 Å². The summed E-state index contributed by atoms with van der Waals surface area (Å²) in [6.07, 6.45) is 7.45. The summed E-state index contributed by atoms with van der Waals surface area (Å²) >= 11 is 0. The molecule has 4 nitrogen and oxygen atoms in total. The molecule has 1 saturated carbocycles. The molecule has 0 aromatic heterocycles. The predicted octanol–water partition coefficient (Wildman–Crippen LogP) is 8.39. The molecule has 3 aromatic carbocycles. The van der Waals surface area contributed by atoms with Gasteiger partial charge in [-0.15, -0.1) is 0 Å². The van der Waals surface area contributed by atoms with Gasteiger partial charge in [-0.3, -0.25) is 0 Å². The molecule has 0 saturated heterocycles. The van der Waals surface area contributed by atoms with E-state index in [-0.39, 0.29) is 12.2 Å². The quantitative estimate of drug-likeness (QED) is 0.295. The van der Waals surface area contributed by atoms with Crippen LogP contribution < -0.4 is 10.1 Å². The van der Waals surface area contributed by atoms with Crippen LogP contribution >= 0.6 is 0 Å². The maximum absolute atomic E-state index is 6.76. The molecule has 2 aliphatic rings. The van der Waals surface area contributed by atoms with Crippen molar-refractivity contribution >= 4 is 5.69 Å². The van der Waals surface area contributed by atoms with E-state index in [2.05, 4.69) is 92.8 Å². The molecular weight excluding hydrogens is 470 g/mol. The molecule has 0 bridgehead atoms. The summed E-state index contributed by atoms with van der Waals surface area (Å²) in [7, 11) is 0. The van der Waals surface area contributed by atoms with E-state index < -0.39 is 5.60 Å². The number of benzene rings is 3. The Kier molecular flexibility index (Phi) is 8.71. The van der Waals surface area contributed by atoms with E-state index >= 15 is 0 Å². The second-order valence-corrected chi connectivity index (χ2v) is 11.5. The van der Waals surface area contributed by atoms with E-state index in [1.807, 2.05) is 6.07 Å². The molecule has 2 unspecified atom stereocenters. The van der Waals surface area contributed by atoms with Crippen molar-refractivity contribution in [3.8, 4) is 5.75 Å². The molecule has 1 aliphatic heterocycles. The first-order valence-electron chi connectivity index (χ1n) is 14.4. The van der Waals surface area contributed by atoms with Crippen LogP contribution in [0.2, 0.25) is 0 Å². The fraction of sp³-hybridized carbons (Fsp3) is 0.471. The van der Waals surface area contributed by atoms with Crippen molar-refractivity contribution in [2.45, 2.75) is 90.3 Å². The van der Waals surface area contributed by atoms with Gasteiger partial charge in [-0.1, -0.05) is 86.7 Å². The highest BCUT2D eigenvalue weighted by Crippen LogP contribution is 2.45. The highest BCUT2D eigenvalue weighted by Gasteiger charge is 2.45. The topological polar surface area (TPSA) is 39.7 Å². The van der Waals surface area contributed by atoms with Crippen LogP contribution in [0.3, 0.4) is 0 Å². The summed E-state index contributed by atoms with van der Waals surface area (Å²) < 4.78 is 20.0. The molecule has 4 heteroatoms. The normalized spacial score (nSPS) is 20.9. The second-order valence-electron chi connectivity index (χ2n) is 11.5. The molecule has 2 atom stereocenters. The monoisotopic (exact) mass is 513 g/mol. The number of hydrogen-bond acceptors (Lipinski definition) is 4. The van der Waals surface area contributed by atoms with Crippen LogP contribution in [0.1, 0.15) is 80.7 Å². The first-order chi connectivity index (χ1) is 18.5. The molecular formula is C34H43NO3. The Hall–Kier alpha value is -2.82. The SMILES string of the molecule is Cc1ccccc1COC1C(OCCC2CCCCC2)c2cc(NCc3ccccc3)ccc2OC1(C)C. The van der Waals surface area contributed by atoms with Gasteiger partial charge in [0.1, 0.15) is 23.6 Å². The van der Waals surface area contributed by atoms with Gasteiger partial charge in [0.05, 0.1) is 6.61 Å². The molecule has 0 amide bonds. The Labute approximate surface area is 228 Å². The molecule has 5 rings (SSSR count). The third-order valence-electron chi connectivity index (χ3n) is 8.22. The molecule has 1 N–H and O–H groups in total. The van der Waals surface area contributed by atoms with E-state index in [1.54, 1.807) is 0 Å². The number of ether oxygens (including phenoxy) is 3. The molecule has 0 spiro atoms. The van der Waals surface area contributed by atoms with Crippen molar-refractivity contribution in [1.82, 2.24) is 0 Å². The highest BCUT2D eigenvalue weighted by atomic mass is 16.6. The number of aryl methyl sites for hydroxylation is 1. The average Bonchev–Trinajstić information content (AvgIpc) is 2.93. The van der Waals surface area contributed by atoms with Crippen LogP contribution in [0.5, 0.6) is 5.75 Å². The maximum Gasteiger partial charge on any atom is 0.132 e. The number of nitrogens with one attached hydrogen (secondary N) is 1. The molecule has 0 radical (unpaired) electrons. The van der Waals surface area contributed by atoms with Gasteiger partial charge < -0.3 is 19.5 Å². The van der Waals surface area contributed by atoms with Gasteiger partial charge in [0.15, 0.2) is 0 Å². The van der Waals surface area contributed by atoms with E-state index in [9.17, 15) is 0 Å². The number of anilines is 1. The number of rotatable bonds is 10. The Morgan fingerprint density at radius 3 is 2.45 bits per heavy atom. The largest absolute Gasteiger partial charge is 0.485 e. The summed E-state index contributed by atoms with van der Waals surface area (Å²) in [6, 6.07) is 25.3. The zero-order valence-electron chi connectivity index (χ0n) is 23.2. The van der Waals surface area contributed by atoms with Crippen LogP contribution in [0, 0.1) is 12.8 Å². The molecule has 1 aliphatic carbocycles. The number of fused-ring (bicyclic) bond motifs is 1. The minimum atomic E-state index is -0.524. The average molecular weight is 514 g/mol. The van der Waals surface area contributed by atoms with Crippen LogP contribution in [-0.4, -0.2) is 18.3 Å². The van der Waals surface area contributed by atoms with Crippen molar-refractivity contribution in [2.75, 3.05) is 11.9 Å². The van der Waals surface area contributed by atoms with Crippen LogP contribution in [-0.2, 0) is 22.6 Å². The first-order valence-corrected chi connectivity index (χ1v) is 14.4. The Morgan fingerprint density at radius 2 is 1.66 bits per heavy atom. The second kappa shape index (κ2) is 12.4. The standard InChI is InChI=1S/C34H43NO3/c1-25-12-10-11-17-28(25)24-37-33-32(36-21-20-26-13-6-4-7-14-26)30-22-29(18-19-31(30)38-34(33,2)3)35-23-27-15-8-5-9-16-27/h5,8-12,15-19,22,26,32-33,35H,4,6-7,13-14,20-21,23-24H2,1-3H3. The maximum atomic E-state index is 6.76. The zero-order chi connectivity index (χ0) is 26.4. The van der Waals surface area contributed by atoms with Crippen molar-refractivity contribution in [2.24, 2.45) is 5.92 Å². The fourth-order valence-electron chi connectivity index (χ4n) is 5.90. The van der Waals surface area contributed by atoms with E-state index in [4.69, 9.17) is 14.2 Å². The van der Waals surface area contributed by atoms with E-state index in [0.717, 1.165) is 42.5 Å². The first kappa shape index (κ1) is 26.8. The lowest BCUT2D eigenvalue weighted by Crippen LogP contribution is -2.51. The van der Waals surface area contributed by atoms with Gasteiger partial charge in [0, 0.05) is 24.4 Å². The summed E-state index contributed by atoms with van der Waals surface area (Å²) in [6.45, 7) is 8.44. The Balaban J connectivity index is 1.37. The van der Waals surface area contributed by atoms with Gasteiger partial charge in [0.25, 0.3) is 0 Å².